The number of unbranched alkanes of at least 4 members (excludes halogenated alkanes) is 1. The van der Waals surface area contributed by atoms with E-state index in [0.29, 0.717) is 0 Å². The molecule has 0 saturated heterocycles. The van der Waals surface area contributed by atoms with Crippen LogP contribution in [0.5, 0.6) is 0 Å². The van der Waals surface area contributed by atoms with E-state index in [4.69, 9.17) is 5.73 Å². The van der Waals surface area contributed by atoms with Crippen LogP contribution < -0.4 is 11.1 Å². The lowest BCUT2D eigenvalue weighted by molar-refractivity contribution is -0.120. The molecule has 0 heterocycles. The average molecular weight is 280 g/mol. The summed E-state index contributed by atoms with van der Waals surface area (Å²) in [6, 6.07) is 8.15. The largest absolute Gasteiger partial charge is 0.355 e. The monoisotopic (exact) mass is 280 g/mol. The summed E-state index contributed by atoms with van der Waals surface area (Å²) in [5, 5.41) is 2.88. The highest BCUT2D eigenvalue weighted by Gasteiger charge is 2.13. The second-order valence-electron chi connectivity index (χ2n) is 4.76. The number of benzene rings is 1. The van der Waals surface area contributed by atoms with E-state index < -0.39 is 0 Å². The molecule has 2 unspecified atom stereocenters. The van der Waals surface area contributed by atoms with Gasteiger partial charge in [0.15, 0.2) is 0 Å². The summed E-state index contributed by atoms with van der Waals surface area (Å²) in [5.74, 6) is 0.106. The van der Waals surface area contributed by atoms with Gasteiger partial charge in [0, 0.05) is 17.5 Å². The summed E-state index contributed by atoms with van der Waals surface area (Å²) < 4.78 is 0. The number of hydrogen-bond donors (Lipinski definition) is 2. The van der Waals surface area contributed by atoms with Crippen molar-refractivity contribution in [2.75, 3.05) is 6.54 Å². The van der Waals surface area contributed by atoms with Gasteiger partial charge in [0.2, 0.25) is 5.91 Å². The highest BCUT2D eigenvalue weighted by Crippen LogP contribution is 2.24. The zero-order valence-corrected chi connectivity index (χ0v) is 12.8. The fourth-order valence-electron chi connectivity index (χ4n) is 1.64. The number of nitrogens with one attached hydrogen (secondary N) is 1. The van der Waals surface area contributed by atoms with Crippen molar-refractivity contribution in [2.45, 2.75) is 49.8 Å². The topological polar surface area (TPSA) is 55.1 Å². The van der Waals surface area contributed by atoms with Crippen LogP contribution in [-0.2, 0) is 4.79 Å². The molecular weight excluding hydrogens is 256 g/mol. The lowest BCUT2D eigenvalue weighted by atomic mass is 10.1. The quantitative estimate of drug-likeness (QED) is 0.596. The van der Waals surface area contributed by atoms with Gasteiger partial charge in [-0.25, -0.2) is 0 Å². The zero-order valence-electron chi connectivity index (χ0n) is 12.0. The van der Waals surface area contributed by atoms with E-state index in [1.54, 1.807) is 11.8 Å². The van der Waals surface area contributed by atoms with E-state index in [2.05, 4.69) is 12.2 Å². The Balaban J connectivity index is 2.47. The van der Waals surface area contributed by atoms with Gasteiger partial charge >= 0.3 is 0 Å². The standard InChI is InChI=1S/C15H24N2OS/c1-4-5-10-17-15(18)12(3)19-14-8-6-13(7-9-14)11(2)16/h6-9,11-12H,4-5,10,16H2,1-3H3,(H,17,18). The van der Waals surface area contributed by atoms with Gasteiger partial charge in [0.05, 0.1) is 5.25 Å². The number of carbonyl (C=O) groups excluding carboxylic acids is 1. The molecule has 0 aromatic heterocycles. The van der Waals surface area contributed by atoms with Crippen molar-refractivity contribution in [3.8, 4) is 0 Å². The molecule has 1 rings (SSSR count). The molecule has 1 aromatic rings. The van der Waals surface area contributed by atoms with Crippen LogP contribution in [0, 0.1) is 0 Å². The molecule has 0 fully saturated rings. The van der Waals surface area contributed by atoms with Gasteiger partial charge < -0.3 is 11.1 Å². The fourth-order valence-corrected chi connectivity index (χ4v) is 2.53. The summed E-state index contributed by atoms with van der Waals surface area (Å²) >= 11 is 1.58. The predicted molar refractivity (Wildman–Crippen MR) is 82.3 cm³/mol. The molecule has 0 aliphatic carbocycles. The van der Waals surface area contributed by atoms with E-state index in [1.807, 2.05) is 38.1 Å². The maximum absolute atomic E-state index is 11.8. The Labute approximate surface area is 120 Å². The first-order valence-corrected chi connectivity index (χ1v) is 7.72. The Bertz CT molecular complexity index is 390. The number of nitrogens with two attached hydrogens (primary N) is 1. The van der Waals surface area contributed by atoms with Gasteiger partial charge in [0.25, 0.3) is 0 Å². The van der Waals surface area contributed by atoms with Crippen LogP contribution in [0.25, 0.3) is 0 Å². The first-order valence-electron chi connectivity index (χ1n) is 6.84. The van der Waals surface area contributed by atoms with Crippen LogP contribution in [0.2, 0.25) is 0 Å². The van der Waals surface area contributed by atoms with Gasteiger partial charge in [-0.05, 0) is 38.0 Å². The molecule has 0 aliphatic heterocycles. The zero-order chi connectivity index (χ0) is 14.3. The SMILES string of the molecule is CCCCNC(=O)C(C)Sc1ccc(C(C)N)cc1. The number of rotatable bonds is 7. The van der Waals surface area contributed by atoms with Crippen LogP contribution in [0.4, 0.5) is 0 Å². The lowest BCUT2D eigenvalue weighted by Crippen LogP contribution is -2.31. The van der Waals surface area contributed by atoms with Crippen molar-refractivity contribution in [3.63, 3.8) is 0 Å². The van der Waals surface area contributed by atoms with Crippen molar-refractivity contribution in [3.05, 3.63) is 29.8 Å². The molecule has 3 nitrogen and oxygen atoms in total. The third kappa shape index (κ3) is 5.66. The third-order valence-electron chi connectivity index (χ3n) is 2.92. The van der Waals surface area contributed by atoms with Crippen LogP contribution in [0.15, 0.2) is 29.2 Å². The summed E-state index contributed by atoms with van der Waals surface area (Å²) in [5.41, 5.74) is 6.93. The fraction of sp³-hybridized carbons (Fsp3) is 0.533. The molecule has 3 N–H and O–H groups in total. The minimum absolute atomic E-state index is 0.0498. The van der Waals surface area contributed by atoms with Crippen LogP contribution in [-0.4, -0.2) is 17.7 Å². The van der Waals surface area contributed by atoms with Crippen molar-refractivity contribution in [1.82, 2.24) is 5.32 Å². The van der Waals surface area contributed by atoms with E-state index >= 15 is 0 Å². The van der Waals surface area contributed by atoms with Crippen LogP contribution in [0.1, 0.15) is 45.2 Å². The molecule has 19 heavy (non-hydrogen) atoms. The van der Waals surface area contributed by atoms with Crippen molar-refractivity contribution >= 4 is 17.7 Å². The highest BCUT2D eigenvalue weighted by atomic mass is 32.2. The van der Waals surface area contributed by atoms with Gasteiger partial charge in [0.1, 0.15) is 0 Å². The average Bonchev–Trinajstić information content (AvgIpc) is 2.39. The summed E-state index contributed by atoms with van der Waals surface area (Å²) in [6.07, 6.45) is 2.13. The second kappa shape index (κ2) is 8.23. The Morgan fingerprint density at radius 2 is 1.95 bits per heavy atom. The van der Waals surface area contributed by atoms with Crippen molar-refractivity contribution < 1.29 is 4.79 Å². The maximum atomic E-state index is 11.8. The van der Waals surface area contributed by atoms with Gasteiger partial charge in [-0.15, -0.1) is 11.8 Å². The van der Waals surface area contributed by atoms with E-state index in [0.717, 1.165) is 29.8 Å². The van der Waals surface area contributed by atoms with E-state index in [1.165, 1.54) is 0 Å². The van der Waals surface area contributed by atoms with E-state index in [-0.39, 0.29) is 17.2 Å². The minimum atomic E-state index is -0.0713. The first kappa shape index (κ1) is 16.1. The molecule has 0 aliphatic rings. The smallest absolute Gasteiger partial charge is 0.233 e. The van der Waals surface area contributed by atoms with E-state index in [9.17, 15) is 4.79 Å². The van der Waals surface area contributed by atoms with Crippen molar-refractivity contribution in [1.29, 1.82) is 0 Å². The number of amides is 1. The Morgan fingerprint density at radius 1 is 1.32 bits per heavy atom. The maximum Gasteiger partial charge on any atom is 0.233 e. The first-order chi connectivity index (χ1) is 9.04. The molecule has 4 heteroatoms. The summed E-state index contributed by atoms with van der Waals surface area (Å²) in [7, 11) is 0. The number of thioether (sulfide) groups is 1. The minimum Gasteiger partial charge on any atom is -0.355 e. The third-order valence-corrected chi connectivity index (χ3v) is 4.03. The predicted octanol–water partition coefficient (Wildman–Crippen LogP) is 3.10. The Morgan fingerprint density at radius 3 is 2.47 bits per heavy atom. The molecule has 0 bridgehead atoms. The molecule has 0 radical (unpaired) electrons. The normalized spacial score (nSPS) is 13.9. The Kier molecular flexibility index (Phi) is 6.95. The second-order valence-corrected chi connectivity index (χ2v) is 6.18. The van der Waals surface area contributed by atoms with Gasteiger partial charge in [-0.2, -0.15) is 0 Å². The summed E-state index contributed by atoms with van der Waals surface area (Å²) in [4.78, 5) is 12.9. The number of hydrogen-bond acceptors (Lipinski definition) is 3. The molecule has 106 valence electrons. The number of carbonyl (C=O) groups is 1. The van der Waals surface area contributed by atoms with Gasteiger partial charge in [-0.1, -0.05) is 25.5 Å². The van der Waals surface area contributed by atoms with Crippen molar-refractivity contribution in [2.24, 2.45) is 5.73 Å². The highest BCUT2D eigenvalue weighted by molar-refractivity contribution is 8.00. The molecular formula is C15H24N2OS. The van der Waals surface area contributed by atoms with Crippen LogP contribution in [0.3, 0.4) is 0 Å². The lowest BCUT2D eigenvalue weighted by Gasteiger charge is -2.12. The van der Waals surface area contributed by atoms with Gasteiger partial charge in [-0.3, -0.25) is 4.79 Å². The molecule has 1 amide bonds. The molecule has 1 aromatic carbocycles. The Hall–Kier alpha value is -1.00. The molecule has 0 saturated carbocycles. The molecule has 2 atom stereocenters. The summed E-state index contributed by atoms with van der Waals surface area (Å²) in [6.45, 7) is 6.78. The van der Waals surface area contributed by atoms with Crippen LogP contribution >= 0.6 is 11.8 Å². The molecule has 0 spiro atoms.